The van der Waals surface area contributed by atoms with Gasteiger partial charge in [-0.25, -0.2) is 4.98 Å². The van der Waals surface area contributed by atoms with Crippen molar-refractivity contribution in [1.29, 1.82) is 0 Å². The highest BCUT2D eigenvalue weighted by Crippen LogP contribution is 2.31. The highest BCUT2D eigenvalue weighted by atomic mass is 16.1. The Morgan fingerprint density at radius 1 is 1.18 bits per heavy atom. The molecule has 0 unspecified atom stereocenters. The second-order valence-electron chi connectivity index (χ2n) is 6.62. The summed E-state index contributed by atoms with van der Waals surface area (Å²) in [6, 6.07) is 13.6. The molecule has 0 bridgehead atoms. The Bertz CT molecular complexity index is 1200. The van der Waals surface area contributed by atoms with E-state index in [2.05, 4.69) is 36.9 Å². The molecule has 3 heterocycles. The zero-order chi connectivity index (χ0) is 19.1. The standard InChI is InChI=1S/C20H17N7O/c1-27(13-5-6-15-12(9-13)11-22-26-15)18-7-8-21-20(25-18)24-17-4-2-3-16-14(17)10-19(28)23-16/h2-9,11H,10H2,1H3,(H,22,26)(H,23,28)(H,21,24,25). The molecular formula is C20H17N7O. The summed E-state index contributed by atoms with van der Waals surface area (Å²) in [4.78, 5) is 22.6. The van der Waals surface area contributed by atoms with Crippen molar-refractivity contribution in [2.24, 2.45) is 0 Å². The molecule has 28 heavy (non-hydrogen) atoms. The maximum Gasteiger partial charge on any atom is 0.229 e. The molecule has 3 N–H and O–H groups in total. The lowest BCUT2D eigenvalue weighted by atomic mass is 10.1. The number of benzene rings is 2. The molecule has 8 nitrogen and oxygen atoms in total. The van der Waals surface area contributed by atoms with Crippen LogP contribution in [0.3, 0.4) is 0 Å². The van der Waals surface area contributed by atoms with Gasteiger partial charge in [0.1, 0.15) is 5.82 Å². The molecule has 0 fully saturated rings. The third kappa shape index (κ3) is 2.81. The van der Waals surface area contributed by atoms with Crippen LogP contribution in [-0.4, -0.2) is 33.1 Å². The first-order chi connectivity index (χ1) is 13.7. The van der Waals surface area contributed by atoms with E-state index in [1.807, 2.05) is 48.3 Å². The van der Waals surface area contributed by atoms with Crippen molar-refractivity contribution >= 4 is 45.6 Å². The lowest BCUT2D eigenvalue weighted by Gasteiger charge is -2.19. The first-order valence-electron chi connectivity index (χ1n) is 8.86. The highest BCUT2D eigenvalue weighted by molar-refractivity contribution is 6.01. The van der Waals surface area contributed by atoms with Gasteiger partial charge in [-0.1, -0.05) is 6.07 Å². The number of nitrogens with zero attached hydrogens (tertiary/aromatic N) is 4. The lowest BCUT2D eigenvalue weighted by Crippen LogP contribution is -2.12. The molecule has 1 aliphatic heterocycles. The summed E-state index contributed by atoms with van der Waals surface area (Å²) in [5.41, 5.74) is 4.57. The minimum atomic E-state index is -0.00621. The quantitative estimate of drug-likeness (QED) is 0.509. The summed E-state index contributed by atoms with van der Waals surface area (Å²) in [7, 11) is 1.95. The SMILES string of the molecule is CN(c1ccc2[nH]ncc2c1)c1ccnc(Nc2cccc3c2CC(=O)N3)n1. The maximum absolute atomic E-state index is 11.7. The first-order valence-corrected chi connectivity index (χ1v) is 8.86. The molecule has 8 heteroatoms. The van der Waals surface area contributed by atoms with Crippen molar-refractivity contribution in [2.45, 2.75) is 6.42 Å². The number of aromatic nitrogens is 4. The van der Waals surface area contributed by atoms with E-state index in [1.165, 1.54) is 0 Å². The molecular weight excluding hydrogens is 354 g/mol. The van der Waals surface area contributed by atoms with Crippen LogP contribution >= 0.6 is 0 Å². The number of anilines is 5. The normalized spacial score (nSPS) is 12.7. The van der Waals surface area contributed by atoms with Crippen molar-refractivity contribution in [3.8, 4) is 0 Å². The van der Waals surface area contributed by atoms with Gasteiger partial charge in [-0.3, -0.25) is 9.89 Å². The maximum atomic E-state index is 11.7. The second kappa shape index (κ2) is 6.34. The van der Waals surface area contributed by atoms with Gasteiger partial charge in [-0.05, 0) is 36.4 Å². The Labute approximate surface area is 160 Å². The number of rotatable bonds is 4. The van der Waals surface area contributed by atoms with Gasteiger partial charge < -0.3 is 15.5 Å². The van der Waals surface area contributed by atoms with E-state index in [9.17, 15) is 4.79 Å². The number of H-pyrrole nitrogens is 1. The Morgan fingerprint density at radius 3 is 3.04 bits per heavy atom. The Balaban J connectivity index is 1.44. The molecule has 0 spiro atoms. The van der Waals surface area contributed by atoms with Crippen LogP contribution < -0.4 is 15.5 Å². The smallest absolute Gasteiger partial charge is 0.229 e. The second-order valence-corrected chi connectivity index (χ2v) is 6.62. The van der Waals surface area contributed by atoms with Gasteiger partial charge in [0.25, 0.3) is 0 Å². The molecule has 0 aliphatic carbocycles. The monoisotopic (exact) mass is 371 g/mol. The summed E-state index contributed by atoms with van der Waals surface area (Å²) in [5, 5.41) is 14.1. The van der Waals surface area contributed by atoms with Crippen LogP contribution in [0, 0.1) is 0 Å². The van der Waals surface area contributed by atoms with Gasteiger partial charge in [0.05, 0.1) is 18.1 Å². The molecule has 0 atom stereocenters. The van der Waals surface area contributed by atoms with Crippen LogP contribution in [0.25, 0.3) is 10.9 Å². The van der Waals surface area contributed by atoms with E-state index >= 15 is 0 Å². The number of amides is 1. The third-order valence-electron chi connectivity index (χ3n) is 4.83. The molecule has 138 valence electrons. The van der Waals surface area contributed by atoms with Crippen LogP contribution in [-0.2, 0) is 11.2 Å². The molecule has 1 aliphatic rings. The number of aromatic amines is 1. The molecule has 0 radical (unpaired) electrons. The fourth-order valence-electron chi connectivity index (χ4n) is 3.35. The van der Waals surface area contributed by atoms with E-state index in [1.54, 1.807) is 12.4 Å². The Hall–Kier alpha value is -3.94. The lowest BCUT2D eigenvalue weighted by molar-refractivity contribution is -0.115. The number of carbonyl (C=O) groups excluding carboxylic acids is 1. The van der Waals surface area contributed by atoms with Gasteiger partial charge >= 0.3 is 0 Å². The summed E-state index contributed by atoms with van der Waals surface area (Å²) >= 11 is 0. The van der Waals surface area contributed by atoms with Crippen molar-refractivity contribution in [2.75, 3.05) is 22.6 Å². The van der Waals surface area contributed by atoms with Crippen LogP contribution in [0.2, 0.25) is 0 Å². The van der Waals surface area contributed by atoms with Gasteiger partial charge in [-0.15, -0.1) is 0 Å². The van der Waals surface area contributed by atoms with E-state index in [4.69, 9.17) is 0 Å². The molecule has 5 rings (SSSR count). The number of fused-ring (bicyclic) bond motifs is 2. The predicted octanol–water partition coefficient (Wildman–Crippen LogP) is 3.36. The summed E-state index contributed by atoms with van der Waals surface area (Å²) in [5.74, 6) is 1.22. The third-order valence-corrected chi connectivity index (χ3v) is 4.83. The van der Waals surface area contributed by atoms with E-state index in [0.29, 0.717) is 12.4 Å². The van der Waals surface area contributed by atoms with Crippen molar-refractivity contribution in [3.05, 3.63) is 60.4 Å². The molecule has 0 saturated carbocycles. The van der Waals surface area contributed by atoms with Crippen LogP contribution in [0.1, 0.15) is 5.56 Å². The summed E-state index contributed by atoms with van der Waals surface area (Å²) in [6.45, 7) is 0. The Morgan fingerprint density at radius 2 is 2.11 bits per heavy atom. The fraction of sp³-hybridized carbons (Fsp3) is 0.100. The number of hydrogen-bond donors (Lipinski definition) is 3. The van der Waals surface area contributed by atoms with E-state index in [0.717, 1.165) is 39.3 Å². The minimum Gasteiger partial charge on any atom is -0.329 e. The highest BCUT2D eigenvalue weighted by Gasteiger charge is 2.21. The molecule has 0 saturated heterocycles. The zero-order valence-corrected chi connectivity index (χ0v) is 15.1. The molecule has 4 aromatic rings. The summed E-state index contributed by atoms with van der Waals surface area (Å²) in [6.07, 6.45) is 3.86. The van der Waals surface area contributed by atoms with Gasteiger partial charge in [0, 0.05) is 41.3 Å². The van der Waals surface area contributed by atoms with E-state index in [-0.39, 0.29) is 5.91 Å². The Kier molecular flexibility index (Phi) is 3.68. The van der Waals surface area contributed by atoms with Gasteiger partial charge in [0.2, 0.25) is 11.9 Å². The molecule has 1 amide bonds. The zero-order valence-electron chi connectivity index (χ0n) is 15.1. The average Bonchev–Trinajstić information content (AvgIpc) is 3.33. The topological polar surface area (TPSA) is 98.8 Å². The van der Waals surface area contributed by atoms with Crippen LogP contribution in [0.15, 0.2) is 54.9 Å². The largest absolute Gasteiger partial charge is 0.329 e. The van der Waals surface area contributed by atoms with Crippen molar-refractivity contribution in [3.63, 3.8) is 0 Å². The van der Waals surface area contributed by atoms with Crippen molar-refractivity contribution < 1.29 is 4.79 Å². The van der Waals surface area contributed by atoms with Gasteiger partial charge in [-0.2, -0.15) is 10.1 Å². The predicted molar refractivity (Wildman–Crippen MR) is 108 cm³/mol. The van der Waals surface area contributed by atoms with Crippen LogP contribution in [0.4, 0.5) is 28.8 Å². The molecule has 2 aromatic carbocycles. The number of carbonyl (C=O) groups is 1. The fourth-order valence-corrected chi connectivity index (χ4v) is 3.35. The molecule has 2 aromatic heterocycles. The van der Waals surface area contributed by atoms with Crippen LogP contribution in [0.5, 0.6) is 0 Å². The minimum absolute atomic E-state index is 0.00621. The van der Waals surface area contributed by atoms with Crippen molar-refractivity contribution in [1.82, 2.24) is 20.2 Å². The number of hydrogen-bond acceptors (Lipinski definition) is 6. The van der Waals surface area contributed by atoms with Gasteiger partial charge in [0.15, 0.2) is 0 Å². The average molecular weight is 371 g/mol. The number of nitrogens with one attached hydrogen (secondary N) is 3. The summed E-state index contributed by atoms with van der Waals surface area (Å²) < 4.78 is 0. The first kappa shape index (κ1) is 16.2. The van der Waals surface area contributed by atoms with E-state index < -0.39 is 0 Å².